The highest BCUT2D eigenvalue weighted by molar-refractivity contribution is 5.39. The number of hydrogen-bond acceptors (Lipinski definition) is 4. The molecule has 1 aliphatic heterocycles. The molecule has 4 nitrogen and oxygen atoms in total. The standard InChI is InChI=1S/C27H43NO3/c1-18(17-28-12-14-31-15-13-28)23-9-10-24-21(6-5-11-27(23,24)4)7-8-22-16-25(29)20(3)26(30)19(22)2/h7-8,18,20,23-26,29-30H,2,5-6,9-17H2,1,3-4H3/b21-7+,22-8-/t18-,20?,23+,24-,25?,26?,27+/m0/s1. The van der Waals surface area contributed by atoms with Crippen LogP contribution in [0, 0.1) is 29.1 Å². The van der Waals surface area contributed by atoms with Crippen molar-refractivity contribution in [2.45, 2.75) is 71.5 Å². The number of aliphatic hydroxyl groups is 2. The van der Waals surface area contributed by atoms with Crippen LogP contribution in [0.25, 0.3) is 0 Å². The SMILES string of the molecule is C=C1/C(=C\C=C2/CCC[C@]3(C)[C@@H]([C@@H](C)CN4CCOCC4)CC[C@@H]23)CC(O)C(C)C1O. The minimum absolute atomic E-state index is 0.140. The van der Waals surface area contributed by atoms with Crippen LogP contribution in [0.4, 0.5) is 0 Å². The molecule has 0 aromatic carbocycles. The van der Waals surface area contributed by atoms with Crippen LogP contribution in [0.2, 0.25) is 0 Å². The quantitative estimate of drug-likeness (QED) is 0.698. The van der Waals surface area contributed by atoms with Crippen LogP contribution >= 0.6 is 0 Å². The van der Waals surface area contributed by atoms with Crippen molar-refractivity contribution in [2.75, 3.05) is 32.8 Å². The number of rotatable bonds is 4. The first-order valence-corrected chi connectivity index (χ1v) is 12.6. The van der Waals surface area contributed by atoms with Crippen molar-refractivity contribution in [1.29, 1.82) is 0 Å². The van der Waals surface area contributed by atoms with Gasteiger partial charge in [0.15, 0.2) is 0 Å². The van der Waals surface area contributed by atoms with Gasteiger partial charge in [0.2, 0.25) is 0 Å². The summed E-state index contributed by atoms with van der Waals surface area (Å²) in [5, 5.41) is 20.7. The van der Waals surface area contributed by atoms with Crippen LogP contribution in [0.3, 0.4) is 0 Å². The van der Waals surface area contributed by atoms with Crippen molar-refractivity contribution in [2.24, 2.45) is 29.1 Å². The van der Waals surface area contributed by atoms with Gasteiger partial charge in [-0.25, -0.2) is 0 Å². The maximum atomic E-state index is 10.4. The van der Waals surface area contributed by atoms with E-state index in [0.29, 0.717) is 17.8 Å². The van der Waals surface area contributed by atoms with Gasteiger partial charge >= 0.3 is 0 Å². The van der Waals surface area contributed by atoms with Crippen molar-refractivity contribution in [3.05, 3.63) is 35.5 Å². The molecule has 4 fully saturated rings. The molecule has 0 amide bonds. The van der Waals surface area contributed by atoms with E-state index in [2.05, 4.69) is 37.5 Å². The summed E-state index contributed by atoms with van der Waals surface area (Å²) < 4.78 is 5.54. The summed E-state index contributed by atoms with van der Waals surface area (Å²) in [5.41, 5.74) is 3.79. The van der Waals surface area contributed by atoms with E-state index in [1.165, 1.54) is 38.6 Å². The minimum Gasteiger partial charge on any atom is -0.392 e. The molecule has 7 atom stereocenters. The maximum absolute atomic E-state index is 10.4. The smallest absolute Gasteiger partial charge is 0.0837 e. The van der Waals surface area contributed by atoms with Crippen LogP contribution in [-0.4, -0.2) is 60.2 Å². The van der Waals surface area contributed by atoms with Crippen LogP contribution in [-0.2, 0) is 4.74 Å². The van der Waals surface area contributed by atoms with E-state index in [-0.39, 0.29) is 5.92 Å². The van der Waals surface area contributed by atoms with Crippen LogP contribution in [0.15, 0.2) is 35.5 Å². The number of hydrogen-bond donors (Lipinski definition) is 2. The molecule has 3 unspecified atom stereocenters. The van der Waals surface area contributed by atoms with Crippen LogP contribution in [0.1, 0.15) is 59.3 Å². The highest BCUT2D eigenvalue weighted by atomic mass is 16.5. The Hall–Kier alpha value is -0.940. The minimum atomic E-state index is -0.637. The fourth-order valence-electron chi connectivity index (χ4n) is 7.18. The summed E-state index contributed by atoms with van der Waals surface area (Å²) in [5.74, 6) is 2.03. The van der Waals surface area contributed by atoms with E-state index in [1.807, 2.05) is 6.92 Å². The molecule has 0 bridgehead atoms. The third kappa shape index (κ3) is 4.59. The fourth-order valence-corrected chi connectivity index (χ4v) is 7.18. The Morgan fingerprint density at radius 3 is 2.71 bits per heavy atom. The average Bonchev–Trinajstić information content (AvgIpc) is 3.12. The fraction of sp³-hybridized carbons (Fsp3) is 0.778. The average molecular weight is 430 g/mol. The molecule has 0 radical (unpaired) electrons. The summed E-state index contributed by atoms with van der Waals surface area (Å²) in [6.07, 6.45) is 10.4. The van der Waals surface area contributed by atoms with Crippen LogP contribution < -0.4 is 0 Å². The molecule has 2 N–H and O–H groups in total. The summed E-state index contributed by atoms with van der Waals surface area (Å²) in [7, 11) is 0. The second-order valence-electron chi connectivity index (χ2n) is 11.0. The van der Waals surface area contributed by atoms with Gasteiger partial charge in [-0.3, -0.25) is 4.90 Å². The zero-order valence-electron chi connectivity index (χ0n) is 19.9. The molecule has 1 saturated heterocycles. The first kappa shape index (κ1) is 23.2. The normalized spacial score (nSPS) is 43.4. The van der Waals surface area contributed by atoms with E-state index < -0.39 is 12.2 Å². The topological polar surface area (TPSA) is 52.9 Å². The Balaban J connectivity index is 1.47. The molecule has 1 heterocycles. The summed E-state index contributed by atoms with van der Waals surface area (Å²) >= 11 is 0. The predicted molar refractivity (Wildman–Crippen MR) is 126 cm³/mol. The number of aliphatic hydroxyl groups excluding tert-OH is 2. The molecule has 0 aromatic rings. The number of morpholine rings is 1. The van der Waals surface area contributed by atoms with Crippen molar-refractivity contribution in [1.82, 2.24) is 4.90 Å². The molecule has 0 spiro atoms. The van der Waals surface area contributed by atoms with E-state index in [4.69, 9.17) is 4.74 Å². The van der Waals surface area contributed by atoms with Crippen LogP contribution in [0.5, 0.6) is 0 Å². The summed E-state index contributed by atoms with van der Waals surface area (Å²) in [6, 6.07) is 0. The molecule has 3 saturated carbocycles. The van der Waals surface area contributed by atoms with Gasteiger partial charge < -0.3 is 14.9 Å². The van der Waals surface area contributed by atoms with Gasteiger partial charge in [0.1, 0.15) is 0 Å². The zero-order valence-corrected chi connectivity index (χ0v) is 19.9. The van der Waals surface area contributed by atoms with Crippen molar-refractivity contribution in [3.8, 4) is 0 Å². The molecule has 4 aliphatic rings. The largest absolute Gasteiger partial charge is 0.392 e. The second-order valence-corrected chi connectivity index (χ2v) is 11.0. The molecular formula is C27H43NO3. The van der Waals surface area contributed by atoms with E-state index in [9.17, 15) is 10.2 Å². The summed E-state index contributed by atoms with van der Waals surface area (Å²) in [4.78, 5) is 2.60. The maximum Gasteiger partial charge on any atom is 0.0837 e. The Morgan fingerprint density at radius 1 is 1.23 bits per heavy atom. The number of allylic oxidation sites excluding steroid dienone is 3. The molecule has 31 heavy (non-hydrogen) atoms. The number of fused-ring (bicyclic) bond motifs is 1. The predicted octanol–water partition coefficient (Wildman–Crippen LogP) is 4.34. The Morgan fingerprint density at radius 2 is 1.97 bits per heavy atom. The third-order valence-corrected chi connectivity index (χ3v) is 9.18. The molecular weight excluding hydrogens is 386 g/mol. The van der Waals surface area contributed by atoms with Gasteiger partial charge in [0.25, 0.3) is 0 Å². The van der Waals surface area contributed by atoms with Crippen molar-refractivity contribution >= 4 is 0 Å². The van der Waals surface area contributed by atoms with Gasteiger partial charge in [0.05, 0.1) is 25.4 Å². The lowest BCUT2D eigenvalue weighted by Gasteiger charge is -2.45. The lowest BCUT2D eigenvalue weighted by atomic mass is 9.61. The number of ether oxygens (including phenoxy) is 1. The Labute approximate surface area is 189 Å². The molecule has 0 aromatic heterocycles. The lowest BCUT2D eigenvalue weighted by Crippen LogP contribution is -2.43. The second kappa shape index (κ2) is 9.51. The van der Waals surface area contributed by atoms with E-state index in [1.54, 1.807) is 5.57 Å². The zero-order chi connectivity index (χ0) is 22.2. The monoisotopic (exact) mass is 429 g/mol. The summed E-state index contributed by atoms with van der Waals surface area (Å²) in [6.45, 7) is 16.2. The molecule has 4 rings (SSSR count). The van der Waals surface area contributed by atoms with E-state index >= 15 is 0 Å². The van der Waals surface area contributed by atoms with E-state index in [0.717, 1.165) is 49.3 Å². The van der Waals surface area contributed by atoms with Gasteiger partial charge in [-0.05, 0) is 72.8 Å². The van der Waals surface area contributed by atoms with Crippen molar-refractivity contribution in [3.63, 3.8) is 0 Å². The van der Waals surface area contributed by atoms with Gasteiger partial charge in [0, 0.05) is 25.6 Å². The molecule has 3 aliphatic carbocycles. The molecule has 4 heteroatoms. The van der Waals surface area contributed by atoms with Gasteiger partial charge in [-0.15, -0.1) is 0 Å². The molecule has 174 valence electrons. The lowest BCUT2D eigenvalue weighted by molar-refractivity contribution is 0.0154. The van der Waals surface area contributed by atoms with Crippen molar-refractivity contribution < 1.29 is 14.9 Å². The number of nitrogens with zero attached hydrogens (tertiary/aromatic N) is 1. The Kier molecular flexibility index (Phi) is 7.12. The first-order valence-electron chi connectivity index (χ1n) is 12.6. The highest BCUT2D eigenvalue weighted by Crippen LogP contribution is 2.59. The van der Waals surface area contributed by atoms with Gasteiger partial charge in [-0.1, -0.05) is 45.1 Å². The first-order chi connectivity index (χ1) is 14.8. The Bertz CT molecular complexity index is 722. The highest BCUT2D eigenvalue weighted by Gasteiger charge is 2.50. The van der Waals surface area contributed by atoms with Gasteiger partial charge in [-0.2, -0.15) is 0 Å². The third-order valence-electron chi connectivity index (χ3n) is 9.18.